The minimum atomic E-state index is -0.136. The van der Waals surface area contributed by atoms with Gasteiger partial charge in [0.25, 0.3) is 0 Å². The van der Waals surface area contributed by atoms with Crippen LogP contribution in [-0.2, 0) is 0 Å². The molecule has 1 unspecified atom stereocenters. The van der Waals surface area contributed by atoms with Crippen LogP contribution in [0.4, 0.5) is 0 Å². The second-order valence-electron chi connectivity index (χ2n) is 13.4. The summed E-state index contributed by atoms with van der Waals surface area (Å²) in [4.78, 5) is 0. The first-order valence-corrected chi connectivity index (χ1v) is 19.2. The van der Waals surface area contributed by atoms with Crippen molar-refractivity contribution in [3.8, 4) is 0 Å². The van der Waals surface area contributed by atoms with Crippen LogP contribution in [0, 0.1) is 5.92 Å². The lowest BCUT2D eigenvalue weighted by Gasteiger charge is -2.18. The number of aliphatic hydroxyl groups excluding tert-OH is 1. The van der Waals surface area contributed by atoms with Gasteiger partial charge >= 0.3 is 0 Å². The molecular weight excluding hydrogens is 532 g/mol. The van der Waals surface area contributed by atoms with Crippen LogP contribution >= 0.6 is 12.4 Å². The summed E-state index contributed by atoms with van der Waals surface area (Å²) in [6.45, 7) is 6.57. The first-order chi connectivity index (χ1) is 20.2. The van der Waals surface area contributed by atoms with Crippen molar-refractivity contribution in [1.82, 2.24) is 0 Å². The Hall–Kier alpha value is -0.270. The molecule has 0 saturated heterocycles. The zero-order chi connectivity index (χ0) is 29.9. The molecule has 0 heterocycles. The van der Waals surface area contributed by atoms with Gasteiger partial charge in [-0.15, -0.1) is 12.4 Å². The van der Waals surface area contributed by atoms with E-state index in [0.29, 0.717) is 0 Å². The van der Waals surface area contributed by atoms with Crippen LogP contribution in [-0.4, -0.2) is 11.2 Å². The molecule has 0 aliphatic carbocycles. The Morgan fingerprint density at radius 2 is 0.667 bits per heavy atom. The SMILES string of the molecule is CCCCCCCC/C=C\CCCCCCCCC(CCCCCCCC/C=C\CCCCCCCC)CC(C)O.Cl. The molecule has 1 atom stereocenters. The molecule has 0 fully saturated rings. The fourth-order valence-electron chi connectivity index (χ4n) is 6.22. The van der Waals surface area contributed by atoms with E-state index in [9.17, 15) is 5.11 Å². The van der Waals surface area contributed by atoms with Crippen LogP contribution in [0.25, 0.3) is 0 Å². The molecule has 0 aliphatic rings. The Labute approximate surface area is 273 Å². The zero-order valence-corrected chi connectivity index (χ0v) is 30.1. The van der Waals surface area contributed by atoms with Gasteiger partial charge in [-0.1, -0.05) is 179 Å². The van der Waals surface area contributed by atoms with Crippen LogP contribution in [0.15, 0.2) is 24.3 Å². The molecule has 42 heavy (non-hydrogen) atoms. The van der Waals surface area contributed by atoms with Crippen molar-refractivity contribution in [3.63, 3.8) is 0 Å². The van der Waals surface area contributed by atoms with Crippen molar-refractivity contribution in [2.75, 3.05) is 0 Å². The highest BCUT2D eigenvalue weighted by Crippen LogP contribution is 2.23. The monoisotopic (exact) mass is 611 g/mol. The van der Waals surface area contributed by atoms with E-state index in [2.05, 4.69) is 38.2 Å². The Kier molecular flexibility index (Phi) is 40.5. The standard InChI is InChI=1S/C40H78O.ClH/c1-4-6-8-10-12-14-16-18-20-22-24-26-28-30-32-34-36-40(38-39(3)41)37-35-33-31-29-27-25-23-21-19-17-15-13-11-9-7-5-2;/h18-21,39-41H,4-17,22-38H2,1-3H3;1H/b20-18-,21-19-;. The van der Waals surface area contributed by atoms with Gasteiger partial charge in [-0.25, -0.2) is 0 Å². The van der Waals surface area contributed by atoms with Gasteiger partial charge in [0.2, 0.25) is 0 Å². The summed E-state index contributed by atoms with van der Waals surface area (Å²) in [6, 6.07) is 0. The number of hydrogen-bond donors (Lipinski definition) is 1. The van der Waals surface area contributed by atoms with E-state index < -0.39 is 0 Å². The second kappa shape index (κ2) is 38.8. The summed E-state index contributed by atoms with van der Waals surface area (Å²) in [5.41, 5.74) is 0. The van der Waals surface area contributed by atoms with Crippen molar-refractivity contribution < 1.29 is 5.11 Å². The largest absolute Gasteiger partial charge is 0.393 e. The van der Waals surface area contributed by atoms with E-state index in [1.807, 2.05) is 6.92 Å². The maximum Gasteiger partial charge on any atom is 0.0514 e. The lowest BCUT2D eigenvalue weighted by molar-refractivity contribution is 0.152. The molecule has 0 saturated carbocycles. The quantitative estimate of drug-likeness (QED) is 0.0567. The summed E-state index contributed by atoms with van der Waals surface area (Å²) in [5.74, 6) is 0.739. The molecule has 1 nitrogen and oxygen atoms in total. The molecule has 0 amide bonds. The van der Waals surface area contributed by atoms with Gasteiger partial charge in [-0.2, -0.15) is 0 Å². The van der Waals surface area contributed by atoms with E-state index in [1.54, 1.807) is 0 Å². The van der Waals surface area contributed by atoms with Gasteiger partial charge < -0.3 is 5.11 Å². The first-order valence-electron chi connectivity index (χ1n) is 19.2. The molecule has 0 aromatic heterocycles. The van der Waals surface area contributed by atoms with E-state index in [4.69, 9.17) is 0 Å². The smallest absolute Gasteiger partial charge is 0.0514 e. The number of unbranched alkanes of at least 4 members (excludes halogenated alkanes) is 24. The molecule has 0 spiro atoms. The maximum atomic E-state index is 9.98. The summed E-state index contributed by atoms with van der Waals surface area (Å²) in [5, 5.41) is 9.98. The number of allylic oxidation sites excluding steroid dienone is 4. The fourth-order valence-corrected chi connectivity index (χ4v) is 6.22. The molecule has 0 aromatic rings. The number of rotatable bonds is 34. The van der Waals surface area contributed by atoms with Gasteiger partial charge in [-0.05, 0) is 70.6 Å². The highest BCUT2D eigenvalue weighted by atomic mass is 35.5. The third-order valence-corrected chi connectivity index (χ3v) is 8.92. The average Bonchev–Trinajstić information content (AvgIpc) is 2.96. The zero-order valence-electron chi connectivity index (χ0n) is 29.2. The third kappa shape index (κ3) is 37.8. The fraction of sp³-hybridized carbons (Fsp3) is 0.900. The van der Waals surface area contributed by atoms with Crippen LogP contribution in [0.2, 0.25) is 0 Å². The molecule has 2 heteroatoms. The van der Waals surface area contributed by atoms with E-state index in [1.165, 1.54) is 193 Å². The van der Waals surface area contributed by atoms with E-state index >= 15 is 0 Å². The summed E-state index contributed by atoms with van der Waals surface area (Å²) >= 11 is 0. The highest BCUT2D eigenvalue weighted by molar-refractivity contribution is 5.85. The highest BCUT2D eigenvalue weighted by Gasteiger charge is 2.11. The molecule has 0 aliphatic heterocycles. The summed E-state index contributed by atoms with van der Waals surface area (Å²) in [6.07, 6.45) is 51.9. The van der Waals surface area contributed by atoms with E-state index in [0.717, 1.165) is 12.3 Å². The van der Waals surface area contributed by atoms with Crippen molar-refractivity contribution in [1.29, 1.82) is 0 Å². The van der Waals surface area contributed by atoms with Crippen LogP contribution in [0.1, 0.15) is 220 Å². The van der Waals surface area contributed by atoms with Gasteiger partial charge in [0.1, 0.15) is 0 Å². The van der Waals surface area contributed by atoms with Crippen molar-refractivity contribution in [2.45, 2.75) is 226 Å². The van der Waals surface area contributed by atoms with Crippen LogP contribution < -0.4 is 0 Å². The minimum Gasteiger partial charge on any atom is -0.393 e. The maximum absolute atomic E-state index is 9.98. The molecule has 0 bridgehead atoms. The predicted octanol–water partition coefficient (Wildman–Crippen LogP) is 14.7. The molecule has 1 N–H and O–H groups in total. The normalized spacial score (nSPS) is 12.6. The Morgan fingerprint density at radius 1 is 0.405 bits per heavy atom. The Balaban J connectivity index is 0. The number of aliphatic hydroxyl groups is 1. The predicted molar refractivity (Wildman–Crippen MR) is 195 cm³/mol. The number of halogens is 1. The topological polar surface area (TPSA) is 20.2 Å². The van der Waals surface area contributed by atoms with Crippen LogP contribution in [0.5, 0.6) is 0 Å². The van der Waals surface area contributed by atoms with Crippen molar-refractivity contribution in [3.05, 3.63) is 24.3 Å². The second-order valence-corrected chi connectivity index (χ2v) is 13.4. The van der Waals surface area contributed by atoms with Gasteiger partial charge in [0.05, 0.1) is 6.10 Å². The van der Waals surface area contributed by atoms with Gasteiger partial charge in [0.15, 0.2) is 0 Å². The Morgan fingerprint density at radius 3 is 0.952 bits per heavy atom. The molecular formula is C40H79ClO. The third-order valence-electron chi connectivity index (χ3n) is 8.92. The Bertz CT molecular complexity index is 484. The minimum absolute atomic E-state index is 0. The average molecular weight is 612 g/mol. The molecule has 0 radical (unpaired) electrons. The molecule has 0 rings (SSSR count). The van der Waals surface area contributed by atoms with E-state index in [-0.39, 0.29) is 18.5 Å². The lowest BCUT2D eigenvalue weighted by Crippen LogP contribution is -2.10. The number of hydrogen-bond acceptors (Lipinski definition) is 1. The van der Waals surface area contributed by atoms with Crippen LogP contribution in [0.3, 0.4) is 0 Å². The van der Waals surface area contributed by atoms with Gasteiger partial charge in [0, 0.05) is 0 Å². The lowest BCUT2D eigenvalue weighted by atomic mass is 9.90. The summed E-state index contributed by atoms with van der Waals surface area (Å²) < 4.78 is 0. The first kappa shape index (κ1) is 43.9. The van der Waals surface area contributed by atoms with Crippen molar-refractivity contribution in [2.24, 2.45) is 5.92 Å². The van der Waals surface area contributed by atoms with Gasteiger partial charge in [-0.3, -0.25) is 0 Å². The molecule has 0 aromatic carbocycles. The van der Waals surface area contributed by atoms with Crippen molar-refractivity contribution >= 4 is 12.4 Å². The summed E-state index contributed by atoms with van der Waals surface area (Å²) in [7, 11) is 0. The molecule has 252 valence electrons.